The second kappa shape index (κ2) is 6.81. The van der Waals surface area contributed by atoms with Crippen LogP contribution in [0.3, 0.4) is 0 Å². The minimum atomic E-state index is -0.280. The van der Waals surface area contributed by atoms with Gasteiger partial charge in [-0.25, -0.2) is 0 Å². The van der Waals surface area contributed by atoms with Crippen LogP contribution in [0.4, 0.5) is 5.69 Å². The Hall–Kier alpha value is -1.46. The Kier molecular flexibility index (Phi) is 5.09. The SMILES string of the molecule is CCCC1CC(=O)NC(Nc2ccc(OC)c(Cl)c2)N1. The van der Waals surface area contributed by atoms with Crippen molar-refractivity contribution in [1.29, 1.82) is 0 Å². The largest absolute Gasteiger partial charge is 0.495 e. The van der Waals surface area contributed by atoms with E-state index in [0.717, 1.165) is 18.5 Å². The molecule has 20 heavy (non-hydrogen) atoms. The number of benzene rings is 1. The minimum absolute atomic E-state index is 0.0549. The molecular weight excluding hydrogens is 278 g/mol. The number of rotatable bonds is 5. The number of anilines is 1. The summed E-state index contributed by atoms with van der Waals surface area (Å²) in [4.78, 5) is 11.7. The van der Waals surface area contributed by atoms with Crippen LogP contribution in [0.1, 0.15) is 26.2 Å². The lowest BCUT2D eigenvalue weighted by atomic mass is 10.1. The van der Waals surface area contributed by atoms with Gasteiger partial charge < -0.3 is 15.4 Å². The second-order valence-electron chi connectivity index (χ2n) is 4.85. The molecule has 0 aromatic heterocycles. The standard InChI is InChI=1S/C14H20ClN3O2/c1-3-4-9-8-13(19)18-14(16-9)17-10-5-6-12(20-2)11(15)7-10/h5-7,9,14,16-17H,3-4,8H2,1-2H3,(H,18,19). The van der Waals surface area contributed by atoms with E-state index in [1.54, 1.807) is 19.2 Å². The zero-order valence-electron chi connectivity index (χ0n) is 11.7. The Labute approximate surface area is 124 Å². The molecule has 0 saturated carbocycles. The van der Waals surface area contributed by atoms with Crippen LogP contribution in [0.25, 0.3) is 0 Å². The molecule has 1 amide bonds. The maximum Gasteiger partial charge on any atom is 0.224 e. The maximum absolute atomic E-state index is 11.7. The van der Waals surface area contributed by atoms with E-state index in [0.29, 0.717) is 17.2 Å². The van der Waals surface area contributed by atoms with Crippen molar-refractivity contribution in [3.05, 3.63) is 23.2 Å². The molecule has 1 saturated heterocycles. The van der Waals surface area contributed by atoms with Crippen molar-refractivity contribution in [3.63, 3.8) is 0 Å². The van der Waals surface area contributed by atoms with Crippen molar-refractivity contribution in [3.8, 4) is 5.75 Å². The molecule has 3 N–H and O–H groups in total. The third-order valence-corrected chi connectivity index (χ3v) is 3.53. The Balaban J connectivity index is 2.01. The summed E-state index contributed by atoms with van der Waals surface area (Å²) < 4.78 is 5.11. The van der Waals surface area contributed by atoms with E-state index in [2.05, 4.69) is 22.9 Å². The molecule has 1 aromatic rings. The summed E-state index contributed by atoms with van der Waals surface area (Å²) in [6.07, 6.45) is 2.27. The van der Waals surface area contributed by atoms with E-state index < -0.39 is 0 Å². The molecule has 110 valence electrons. The molecule has 2 rings (SSSR count). The van der Waals surface area contributed by atoms with Gasteiger partial charge in [0.05, 0.1) is 12.1 Å². The lowest BCUT2D eigenvalue weighted by molar-refractivity contribution is -0.124. The fourth-order valence-electron chi connectivity index (χ4n) is 2.31. The first-order valence-electron chi connectivity index (χ1n) is 6.78. The molecule has 6 heteroatoms. The zero-order valence-corrected chi connectivity index (χ0v) is 12.5. The summed E-state index contributed by atoms with van der Waals surface area (Å²) >= 11 is 6.08. The van der Waals surface area contributed by atoms with E-state index >= 15 is 0 Å². The van der Waals surface area contributed by atoms with E-state index in [1.807, 2.05) is 6.07 Å². The third-order valence-electron chi connectivity index (χ3n) is 3.24. The van der Waals surface area contributed by atoms with Crippen LogP contribution in [-0.4, -0.2) is 25.3 Å². The van der Waals surface area contributed by atoms with Gasteiger partial charge in [0.25, 0.3) is 0 Å². The number of amides is 1. The number of carbonyl (C=O) groups excluding carboxylic acids is 1. The lowest BCUT2D eigenvalue weighted by Gasteiger charge is -2.32. The van der Waals surface area contributed by atoms with Gasteiger partial charge in [-0.1, -0.05) is 24.9 Å². The van der Waals surface area contributed by atoms with Crippen molar-refractivity contribution in [2.75, 3.05) is 12.4 Å². The monoisotopic (exact) mass is 297 g/mol. The first-order valence-corrected chi connectivity index (χ1v) is 7.15. The number of carbonyl (C=O) groups is 1. The third kappa shape index (κ3) is 3.77. The number of nitrogens with one attached hydrogen (secondary N) is 3. The quantitative estimate of drug-likeness (QED) is 0.780. The Morgan fingerprint density at radius 3 is 2.95 bits per heavy atom. The Bertz CT molecular complexity index is 481. The van der Waals surface area contributed by atoms with Crippen LogP contribution in [0.2, 0.25) is 5.02 Å². The topological polar surface area (TPSA) is 62.4 Å². The van der Waals surface area contributed by atoms with Crippen LogP contribution < -0.4 is 20.7 Å². The highest BCUT2D eigenvalue weighted by Gasteiger charge is 2.24. The maximum atomic E-state index is 11.7. The molecule has 1 aliphatic rings. The van der Waals surface area contributed by atoms with Crippen LogP contribution >= 0.6 is 11.6 Å². The fraction of sp³-hybridized carbons (Fsp3) is 0.500. The molecule has 0 bridgehead atoms. The van der Waals surface area contributed by atoms with Crippen molar-refractivity contribution in [2.24, 2.45) is 0 Å². The second-order valence-corrected chi connectivity index (χ2v) is 5.26. The molecule has 1 heterocycles. The van der Waals surface area contributed by atoms with Crippen LogP contribution in [0.5, 0.6) is 5.75 Å². The van der Waals surface area contributed by atoms with Crippen LogP contribution in [0, 0.1) is 0 Å². The van der Waals surface area contributed by atoms with Gasteiger partial charge in [-0.15, -0.1) is 0 Å². The molecule has 1 fully saturated rings. The molecule has 1 aliphatic heterocycles. The number of ether oxygens (including phenoxy) is 1. The minimum Gasteiger partial charge on any atom is -0.495 e. The van der Waals surface area contributed by atoms with Crippen molar-refractivity contribution >= 4 is 23.2 Å². The molecule has 0 spiro atoms. The van der Waals surface area contributed by atoms with Gasteiger partial charge in [0.2, 0.25) is 5.91 Å². The van der Waals surface area contributed by atoms with Gasteiger partial charge in [-0.05, 0) is 24.6 Å². The number of methoxy groups -OCH3 is 1. The Morgan fingerprint density at radius 2 is 2.30 bits per heavy atom. The zero-order chi connectivity index (χ0) is 14.5. The van der Waals surface area contributed by atoms with Gasteiger partial charge in [0.1, 0.15) is 5.75 Å². The average Bonchev–Trinajstić information content (AvgIpc) is 2.38. The van der Waals surface area contributed by atoms with Crippen molar-refractivity contribution < 1.29 is 9.53 Å². The fourth-order valence-corrected chi connectivity index (χ4v) is 2.57. The van der Waals surface area contributed by atoms with E-state index in [4.69, 9.17) is 16.3 Å². The molecule has 0 radical (unpaired) electrons. The van der Waals surface area contributed by atoms with Gasteiger partial charge in [0, 0.05) is 18.2 Å². The summed E-state index contributed by atoms with van der Waals surface area (Å²) in [7, 11) is 1.58. The summed E-state index contributed by atoms with van der Waals surface area (Å²) in [6.45, 7) is 2.11. The first-order chi connectivity index (χ1) is 9.62. The number of halogens is 1. The smallest absolute Gasteiger partial charge is 0.224 e. The summed E-state index contributed by atoms with van der Waals surface area (Å²) in [5.41, 5.74) is 0.825. The predicted octanol–water partition coefficient (Wildman–Crippen LogP) is 2.32. The number of hydrogen-bond donors (Lipinski definition) is 3. The average molecular weight is 298 g/mol. The van der Waals surface area contributed by atoms with Gasteiger partial charge in [-0.3, -0.25) is 10.1 Å². The highest BCUT2D eigenvalue weighted by molar-refractivity contribution is 6.32. The van der Waals surface area contributed by atoms with Gasteiger partial charge in [-0.2, -0.15) is 0 Å². The van der Waals surface area contributed by atoms with Gasteiger partial charge in [0.15, 0.2) is 6.29 Å². The highest BCUT2D eigenvalue weighted by atomic mass is 35.5. The molecule has 0 aliphatic carbocycles. The lowest BCUT2D eigenvalue weighted by Crippen LogP contribution is -2.59. The van der Waals surface area contributed by atoms with Crippen LogP contribution in [0.15, 0.2) is 18.2 Å². The van der Waals surface area contributed by atoms with E-state index in [1.165, 1.54) is 0 Å². The molecular formula is C14H20ClN3O2. The summed E-state index contributed by atoms with van der Waals surface area (Å²) in [6, 6.07) is 5.64. The molecule has 2 atom stereocenters. The van der Waals surface area contributed by atoms with Crippen molar-refractivity contribution in [2.45, 2.75) is 38.5 Å². The normalized spacial score (nSPS) is 22.2. The Morgan fingerprint density at radius 1 is 1.50 bits per heavy atom. The predicted molar refractivity (Wildman–Crippen MR) is 80.0 cm³/mol. The molecule has 1 aromatic carbocycles. The van der Waals surface area contributed by atoms with Crippen molar-refractivity contribution in [1.82, 2.24) is 10.6 Å². The van der Waals surface area contributed by atoms with Crippen LogP contribution in [-0.2, 0) is 4.79 Å². The van der Waals surface area contributed by atoms with E-state index in [-0.39, 0.29) is 18.2 Å². The summed E-state index contributed by atoms with van der Waals surface area (Å²) in [5.74, 6) is 0.682. The summed E-state index contributed by atoms with van der Waals surface area (Å²) in [5, 5.41) is 9.97. The molecule has 2 unspecified atom stereocenters. The first kappa shape index (κ1) is 14.9. The van der Waals surface area contributed by atoms with Gasteiger partial charge >= 0.3 is 0 Å². The van der Waals surface area contributed by atoms with E-state index in [9.17, 15) is 4.79 Å². The highest BCUT2D eigenvalue weighted by Crippen LogP contribution is 2.27. The molecule has 5 nitrogen and oxygen atoms in total. The number of hydrogen-bond acceptors (Lipinski definition) is 4.